The van der Waals surface area contributed by atoms with Crippen LogP contribution in [0.4, 0.5) is 5.13 Å². The highest BCUT2D eigenvalue weighted by molar-refractivity contribution is 8.00. The zero-order chi connectivity index (χ0) is 17.1. The Morgan fingerprint density at radius 1 is 1.17 bits per heavy atom. The fraction of sp³-hybridized carbons (Fsp3) is 0.222. The molecule has 0 unspecified atom stereocenters. The highest BCUT2D eigenvalue weighted by Gasteiger charge is 2.11. The molecule has 0 bridgehead atoms. The van der Waals surface area contributed by atoms with E-state index < -0.39 is 0 Å². The first-order chi connectivity index (χ1) is 11.5. The zero-order valence-corrected chi connectivity index (χ0v) is 16.1. The Morgan fingerprint density at radius 2 is 2.00 bits per heavy atom. The number of rotatable bonds is 5. The third-order valence-corrected chi connectivity index (χ3v) is 5.94. The molecule has 1 amide bonds. The molecule has 0 saturated carbocycles. The van der Waals surface area contributed by atoms with Crippen LogP contribution in [0.3, 0.4) is 0 Å². The number of carbonyl (C=O) groups excluding carboxylic acids is 1. The molecule has 6 heteroatoms. The van der Waals surface area contributed by atoms with E-state index in [9.17, 15) is 4.79 Å². The third kappa shape index (κ3) is 4.12. The van der Waals surface area contributed by atoms with E-state index in [1.807, 2.05) is 42.7 Å². The molecule has 0 aliphatic rings. The summed E-state index contributed by atoms with van der Waals surface area (Å²) in [6.07, 6.45) is 2.05. The van der Waals surface area contributed by atoms with E-state index in [2.05, 4.69) is 30.2 Å². The molecule has 3 nitrogen and oxygen atoms in total. The van der Waals surface area contributed by atoms with Crippen LogP contribution in [0, 0.1) is 0 Å². The first-order valence-corrected chi connectivity index (χ1v) is 10.5. The molecular weight excluding hydrogens is 356 g/mol. The molecule has 1 N–H and O–H groups in total. The molecule has 0 fully saturated rings. The molecule has 1 aromatic heterocycles. The van der Waals surface area contributed by atoms with Crippen molar-refractivity contribution in [1.82, 2.24) is 4.98 Å². The van der Waals surface area contributed by atoms with E-state index in [4.69, 9.17) is 0 Å². The van der Waals surface area contributed by atoms with Crippen molar-refractivity contribution in [3.05, 3.63) is 48.0 Å². The number of amides is 1. The summed E-state index contributed by atoms with van der Waals surface area (Å²) in [5.74, 6) is -0.120. The van der Waals surface area contributed by atoms with Crippen LogP contribution in [0.5, 0.6) is 0 Å². The lowest BCUT2D eigenvalue weighted by Crippen LogP contribution is -2.11. The maximum absolute atomic E-state index is 12.5. The second-order valence-electron chi connectivity index (χ2n) is 5.50. The van der Waals surface area contributed by atoms with Crippen molar-refractivity contribution in [2.24, 2.45) is 0 Å². The summed E-state index contributed by atoms with van der Waals surface area (Å²) in [4.78, 5) is 19.3. The van der Waals surface area contributed by atoms with Crippen LogP contribution < -0.4 is 5.32 Å². The number of benzene rings is 2. The van der Waals surface area contributed by atoms with Crippen LogP contribution in [-0.2, 0) is 0 Å². The molecule has 2 aromatic carbocycles. The zero-order valence-electron chi connectivity index (χ0n) is 13.7. The van der Waals surface area contributed by atoms with Crippen LogP contribution in [-0.4, -0.2) is 22.4 Å². The van der Waals surface area contributed by atoms with Gasteiger partial charge in [0, 0.05) is 20.6 Å². The summed E-state index contributed by atoms with van der Waals surface area (Å²) in [5.41, 5.74) is 1.57. The summed E-state index contributed by atoms with van der Waals surface area (Å²) < 4.78 is 1.08. The smallest absolute Gasteiger partial charge is 0.257 e. The van der Waals surface area contributed by atoms with Crippen LogP contribution >= 0.6 is 34.9 Å². The molecule has 1 heterocycles. The van der Waals surface area contributed by atoms with Crippen molar-refractivity contribution in [1.29, 1.82) is 0 Å². The monoisotopic (exact) mass is 374 g/mol. The number of hydrogen-bond acceptors (Lipinski definition) is 5. The molecule has 0 spiro atoms. The van der Waals surface area contributed by atoms with Gasteiger partial charge in [0.25, 0.3) is 5.91 Å². The highest BCUT2D eigenvalue weighted by Crippen LogP contribution is 2.30. The SMILES string of the molecule is CSc1ccc2nc(NC(=O)c3cccc(SC(C)C)c3)sc2c1. The second kappa shape index (κ2) is 7.59. The predicted octanol–water partition coefficient (Wildman–Crippen LogP) is 5.77. The Hall–Kier alpha value is -1.50. The van der Waals surface area contributed by atoms with Crippen LogP contribution in [0.25, 0.3) is 10.2 Å². The van der Waals surface area contributed by atoms with E-state index in [-0.39, 0.29) is 5.91 Å². The second-order valence-corrected chi connectivity index (χ2v) is 9.06. The molecule has 3 aromatic rings. The average Bonchev–Trinajstić information content (AvgIpc) is 2.95. The summed E-state index contributed by atoms with van der Waals surface area (Å²) in [6.45, 7) is 4.28. The number of carbonyl (C=O) groups is 1. The lowest BCUT2D eigenvalue weighted by molar-refractivity contribution is 0.102. The Balaban J connectivity index is 1.79. The largest absolute Gasteiger partial charge is 0.298 e. The topological polar surface area (TPSA) is 42.0 Å². The Bertz CT molecular complexity index is 874. The molecule has 124 valence electrons. The summed E-state index contributed by atoms with van der Waals surface area (Å²) in [7, 11) is 0. The summed E-state index contributed by atoms with van der Waals surface area (Å²) in [5, 5.41) is 4.04. The number of hydrogen-bond donors (Lipinski definition) is 1. The minimum absolute atomic E-state index is 0.120. The van der Waals surface area contributed by atoms with Gasteiger partial charge < -0.3 is 0 Å². The molecule has 0 aliphatic heterocycles. The van der Waals surface area contributed by atoms with Crippen LogP contribution in [0.15, 0.2) is 52.3 Å². The number of thiazole rings is 1. The first kappa shape index (κ1) is 17.3. The molecule has 3 rings (SSSR count). The van der Waals surface area contributed by atoms with Gasteiger partial charge in [-0.05, 0) is 42.7 Å². The number of nitrogens with one attached hydrogen (secondary N) is 1. The van der Waals surface area contributed by atoms with Crippen molar-refractivity contribution in [2.45, 2.75) is 28.9 Å². The molecular formula is C18H18N2OS3. The fourth-order valence-electron chi connectivity index (χ4n) is 2.24. The molecule has 24 heavy (non-hydrogen) atoms. The number of aromatic nitrogens is 1. The normalized spacial score (nSPS) is 11.2. The van der Waals surface area contributed by atoms with Gasteiger partial charge in [0.1, 0.15) is 0 Å². The number of fused-ring (bicyclic) bond motifs is 1. The molecule has 0 atom stereocenters. The summed E-state index contributed by atoms with van der Waals surface area (Å²) >= 11 is 4.95. The number of anilines is 1. The Morgan fingerprint density at radius 3 is 2.75 bits per heavy atom. The first-order valence-electron chi connectivity index (χ1n) is 7.58. The van der Waals surface area contributed by atoms with Gasteiger partial charge in [0.2, 0.25) is 0 Å². The quantitative estimate of drug-likeness (QED) is 0.576. The van der Waals surface area contributed by atoms with Gasteiger partial charge >= 0.3 is 0 Å². The van der Waals surface area contributed by atoms with Gasteiger partial charge in [0.15, 0.2) is 5.13 Å². The average molecular weight is 375 g/mol. The van der Waals surface area contributed by atoms with Gasteiger partial charge in [0.05, 0.1) is 10.2 Å². The maximum atomic E-state index is 12.5. The van der Waals surface area contributed by atoms with Gasteiger partial charge in [-0.15, -0.1) is 23.5 Å². The van der Waals surface area contributed by atoms with E-state index in [1.54, 1.807) is 23.5 Å². The lowest BCUT2D eigenvalue weighted by Gasteiger charge is -2.07. The van der Waals surface area contributed by atoms with Gasteiger partial charge in [-0.2, -0.15) is 0 Å². The van der Waals surface area contributed by atoms with Crippen molar-refractivity contribution < 1.29 is 4.79 Å². The third-order valence-electron chi connectivity index (χ3n) is 3.28. The van der Waals surface area contributed by atoms with Gasteiger partial charge in [-0.25, -0.2) is 4.98 Å². The van der Waals surface area contributed by atoms with Crippen LogP contribution in [0.1, 0.15) is 24.2 Å². The highest BCUT2D eigenvalue weighted by atomic mass is 32.2. The van der Waals surface area contributed by atoms with Crippen molar-refractivity contribution >= 4 is 56.1 Å². The van der Waals surface area contributed by atoms with Crippen molar-refractivity contribution in [2.75, 3.05) is 11.6 Å². The van der Waals surface area contributed by atoms with E-state index in [0.717, 1.165) is 15.1 Å². The van der Waals surface area contributed by atoms with Crippen molar-refractivity contribution in [3.63, 3.8) is 0 Å². The van der Waals surface area contributed by atoms with E-state index >= 15 is 0 Å². The fourth-order valence-corrected chi connectivity index (χ4v) is 4.55. The molecule has 0 aliphatic carbocycles. The van der Waals surface area contributed by atoms with E-state index in [1.165, 1.54) is 16.2 Å². The Labute approximate surface area is 154 Å². The Kier molecular flexibility index (Phi) is 5.48. The lowest BCUT2D eigenvalue weighted by atomic mass is 10.2. The maximum Gasteiger partial charge on any atom is 0.257 e. The minimum atomic E-state index is -0.120. The molecule has 0 radical (unpaired) electrons. The van der Waals surface area contributed by atoms with E-state index in [0.29, 0.717) is 15.9 Å². The minimum Gasteiger partial charge on any atom is -0.298 e. The molecule has 0 saturated heterocycles. The van der Waals surface area contributed by atoms with Gasteiger partial charge in [-0.3, -0.25) is 10.1 Å². The van der Waals surface area contributed by atoms with Gasteiger partial charge in [-0.1, -0.05) is 31.3 Å². The van der Waals surface area contributed by atoms with Crippen molar-refractivity contribution in [3.8, 4) is 0 Å². The predicted molar refractivity (Wildman–Crippen MR) is 107 cm³/mol. The van der Waals surface area contributed by atoms with Crippen LogP contribution in [0.2, 0.25) is 0 Å². The standard InChI is InChI=1S/C18H18N2OS3/c1-11(2)23-14-6-4-5-12(9-14)17(21)20-18-19-15-8-7-13(22-3)10-16(15)24-18/h4-11H,1-3H3,(H,19,20,21). The number of thioether (sulfide) groups is 2. The summed E-state index contributed by atoms with van der Waals surface area (Å²) in [6, 6.07) is 13.9. The number of nitrogens with zero attached hydrogens (tertiary/aromatic N) is 1.